The molecule has 1 aliphatic rings. The zero-order chi connectivity index (χ0) is 9.42. The smallest absolute Gasteiger partial charge is 0.231 e. The molecule has 1 N–H and O–H groups in total. The molecule has 0 saturated heterocycles. The minimum absolute atomic E-state index is 0.0466. The van der Waals surface area contributed by atoms with Crippen LogP contribution in [0.5, 0.6) is 17.2 Å². The third-order valence-electron chi connectivity index (χ3n) is 1.73. The van der Waals surface area contributed by atoms with E-state index < -0.39 is 11.6 Å². The average Bonchev–Trinajstić information content (AvgIpc) is 2.54. The van der Waals surface area contributed by atoms with Crippen LogP contribution in [-0.4, -0.2) is 18.2 Å². The Labute approximate surface area is 72.5 Å². The summed E-state index contributed by atoms with van der Waals surface area (Å²) in [7, 11) is 0. The van der Waals surface area contributed by atoms with Crippen molar-refractivity contribution in [2.75, 3.05) is 6.79 Å². The second-order valence-electron chi connectivity index (χ2n) is 2.47. The largest absolute Gasteiger partial charge is 0.505 e. The van der Waals surface area contributed by atoms with Gasteiger partial charge in [0.25, 0.3) is 0 Å². The lowest BCUT2D eigenvalue weighted by molar-refractivity contribution is 0.111. The van der Waals surface area contributed by atoms with E-state index in [9.17, 15) is 9.18 Å². The van der Waals surface area contributed by atoms with Crippen LogP contribution in [0.1, 0.15) is 10.4 Å². The SMILES string of the molecule is O=Cc1c(F)c(O)cc2c1OCO2. The number of phenolic OH excluding ortho intramolecular Hbond substituents is 1. The van der Waals surface area contributed by atoms with E-state index in [0.29, 0.717) is 0 Å². The summed E-state index contributed by atoms with van der Waals surface area (Å²) in [6.45, 7) is -0.0704. The predicted molar refractivity (Wildman–Crippen MR) is 39.6 cm³/mol. The lowest BCUT2D eigenvalue weighted by Crippen LogP contribution is -1.95. The number of fused-ring (bicyclic) bond motifs is 1. The third-order valence-corrected chi connectivity index (χ3v) is 1.73. The van der Waals surface area contributed by atoms with Gasteiger partial charge in [0.05, 0.1) is 5.56 Å². The number of hydrogen-bond acceptors (Lipinski definition) is 4. The van der Waals surface area contributed by atoms with E-state index in [1.807, 2.05) is 0 Å². The molecule has 1 heterocycles. The molecule has 0 atom stereocenters. The number of aldehydes is 1. The second kappa shape index (κ2) is 2.62. The molecule has 1 aromatic rings. The second-order valence-corrected chi connectivity index (χ2v) is 2.47. The summed E-state index contributed by atoms with van der Waals surface area (Å²) in [6, 6.07) is 1.07. The van der Waals surface area contributed by atoms with Crippen LogP contribution in [0.4, 0.5) is 4.39 Å². The fourth-order valence-corrected chi connectivity index (χ4v) is 1.14. The van der Waals surface area contributed by atoms with Gasteiger partial charge in [-0.25, -0.2) is 4.39 Å². The van der Waals surface area contributed by atoms with E-state index >= 15 is 0 Å². The van der Waals surface area contributed by atoms with Gasteiger partial charge in [0.1, 0.15) is 0 Å². The van der Waals surface area contributed by atoms with Crippen molar-refractivity contribution in [3.63, 3.8) is 0 Å². The molecule has 0 unspecified atom stereocenters. The summed E-state index contributed by atoms with van der Waals surface area (Å²) < 4.78 is 22.8. The van der Waals surface area contributed by atoms with E-state index in [4.69, 9.17) is 14.6 Å². The Morgan fingerprint density at radius 3 is 3.00 bits per heavy atom. The molecule has 0 amide bonds. The van der Waals surface area contributed by atoms with Crippen LogP contribution in [0, 0.1) is 5.82 Å². The van der Waals surface area contributed by atoms with Gasteiger partial charge in [0.2, 0.25) is 6.79 Å². The van der Waals surface area contributed by atoms with Crippen LogP contribution in [0.3, 0.4) is 0 Å². The molecule has 5 heteroatoms. The van der Waals surface area contributed by atoms with Crippen molar-refractivity contribution in [2.24, 2.45) is 0 Å². The molecule has 4 nitrogen and oxygen atoms in total. The molecule has 0 radical (unpaired) electrons. The van der Waals surface area contributed by atoms with Gasteiger partial charge < -0.3 is 14.6 Å². The highest BCUT2D eigenvalue weighted by Crippen LogP contribution is 2.40. The molecule has 1 aliphatic heterocycles. The Kier molecular flexibility index (Phi) is 1.58. The Hall–Kier alpha value is -1.78. The van der Waals surface area contributed by atoms with Crippen molar-refractivity contribution in [1.82, 2.24) is 0 Å². The number of benzene rings is 1. The normalized spacial score (nSPS) is 13.0. The molecule has 0 spiro atoms. The molecule has 1 aromatic carbocycles. The fourth-order valence-electron chi connectivity index (χ4n) is 1.14. The molecule has 0 aliphatic carbocycles. The van der Waals surface area contributed by atoms with Gasteiger partial charge in [0.15, 0.2) is 29.4 Å². The third kappa shape index (κ3) is 1.00. The van der Waals surface area contributed by atoms with Crippen LogP contribution in [0.25, 0.3) is 0 Å². The summed E-state index contributed by atoms with van der Waals surface area (Å²) in [6.07, 6.45) is 0.280. The summed E-state index contributed by atoms with van der Waals surface area (Å²) >= 11 is 0. The highest BCUT2D eigenvalue weighted by atomic mass is 19.1. The van der Waals surface area contributed by atoms with Crippen molar-refractivity contribution >= 4 is 6.29 Å². The Bertz CT molecular complexity index is 375. The predicted octanol–water partition coefficient (Wildman–Crippen LogP) is 1.07. The van der Waals surface area contributed by atoms with Crippen LogP contribution >= 0.6 is 0 Å². The Balaban J connectivity index is 2.71. The van der Waals surface area contributed by atoms with Crippen molar-refractivity contribution in [3.8, 4) is 17.2 Å². The van der Waals surface area contributed by atoms with E-state index in [-0.39, 0.29) is 30.1 Å². The Morgan fingerprint density at radius 1 is 1.54 bits per heavy atom. The monoisotopic (exact) mass is 184 g/mol. The van der Waals surface area contributed by atoms with Crippen molar-refractivity contribution in [3.05, 3.63) is 17.4 Å². The first-order chi connectivity index (χ1) is 6.24. The maximum atomic E-state index is 13.0. The summed E-state index contributed by atoms with van der Waals surface area (Å²) in [5.41, 5.74) is -0.312. The van der Waals surface area contributed by atoms with Gasteiger partial charge in [-0.05, 0) is 0 Å². The van der Waals surface area contributed by atoms with E-state index in [1.54, 1.807) is 0 Å². The van der Waals surface area contributed by atoms with E-state index in [0.717, 1.165) is 6.07 Å². The van der Waals surface area contributed by atoms with Gasteiger partial charge in [-0.2, -0.15) is 0 Å². The first-order valence-corrected chi connectivity index (χ1v) is 3.50. The highest BCUT2D eigenvalue weighted by Gasteiger charge is 2.23. The van der Waals surface area contributed by atoms with Crippen molar-refractivity contribution in [2.45, 2.75) is 0 Å². The molecule has 2 rings (SSSR count). The Morgan fingerprint density at radius 2 is 2.31 bits per heavy atom. The van der Waals surface area contributed by atoms with Gasteiger partial charge >= 0.3 is 0 Å². The molecule has 13 heavy (non-hydrogen) atoms. The van der Waals surface area contributed by atoms with Crippen molar-refractivity contribution < 1.29 is 23.8 Å². The molecule has 0 aromatic heterocycles. The van der Waals surface area contributed by atoms with Crippen LogP contribution in [-0.2, 0) is 0 Å². The van der Waals surface area contributed by atoms with Crippen LogP contribution in [0.2, 0.25) is 0 Å². The van der Waals surface area contributed by atoms with Crippen molar-refractivity contribution in [1.29, 1.82) is 0 Å². The quantitative estimate of drug-likeness (QED) is 0.663. The first-order valence-electron chi connectivity index (χ1n) is 3.50. The summed E-state index contributed by atoms with van der Waals surface area (Å²) in [5.74, 6) is -1.38. The number of rotatable bonds is 1. The lowest BCUT2D eigenvalue weighted by atomic mass is 10.2. The maximum Gasteiger partial charge on any atom is 0.231 e. The van der Waals surface area contributed by atoms with Gasteiger partial charge in [-0.3, -0.25) is 4.79 Å². The standard InChI is InChI=1S/C8H5FO4/c9-7-4(2-10)8-6(1-5(7)11)12-3-13-8/h1-2,11H,3H2. The van der Waals surface area contributed by atoms with Gasteiger partial charge in [0, 0.05) is 6.07 Å². The van der Waals surface area contributed by atoms with E-state index in [1.165, 1.54) is 0 Å². The molecular weight excluding hydrogens is 179 g/mol. The lowest BCUT2D eigenvalue weighted by Gasteiger charge is -2.02. The number of aromatic hydroxyl groups is 1. The van der Waals surface area contributed by atoms with Crippen LogP contribution in [0.15, 0.2) is 6.07 Å². The van der Waals surface area contributed by atoms with E-state index in [2.05, 4.69) is 0 Å². The fraction of sp³-hybridized carbons (Fsp3) is 0.125. The number of carbonyl (C=O) groups excluding carboxylic acids is 1. The molecule has 0 fully saturated rings. The zero-order valence-electron chi connectivity index (χ0n) is 6.41. The minimum Gasteiger partial charge on any atom is -0.505 e. The molecular formula is C8H5FO4. The first kappa shape index (κ1) is 7.85. The highest BCUT2D eigenvalue weighted by molar-refractivity contribution is 5.83. The topological polar surface area (TPSA) is 55.8 Å². The number of carbonyl (C=O) groups is 1. The average molecular weight is 184 g/mol. The molecule has 68 valence electrons. The molecule has 0 bridgehead atoms. The van der Waals surface area contributed by atoms with Crippen LogP contribution < -0.4 is 9.47 Å². The maximum absolute atomic E-state index is 13.0. The minimum atomic E-state index is -0.987. The summed E-state index contributed by atoms with van der Waals surface area (Å²) in [4.78, 5) is 10.5. The summed E-state index contributed by atoms with van der Waals surface area (Å²) in [5, 5.41) is 9.03. The van der Waals surface area contributed by atoms with Gasteiger partial charge in [-0.15, -0.1) is 0 Å². The number of phenols is 1. The zero-order valence-corrected chi connectivity index (χ0v) is 6.41. The molecule has 0 saturated carbocycles. The number of ether oxygens (including phenoxy) is 2. The number of hydrogen-bond donors (Lipinski definition) is 1. The number of halogens is 1. The van der Waals surface area contributed by atoms with Gasteiger partial charge in [-0.1, -0.05) is 0 Å².